The molecule has 1 saturated heterocycles. The maximum Gasteiger partial charge on any atom is 0.147 e. The van der Waals surface area contributed by atoms with Gasteiger partial charge in [0.25, 0.3) is 0 Å². The molecule has 1 aliphatic heterocycles. The molecule has 3 aromatic rings. The average Bonchev–Trinajstić information content (AvgIpc) is 3.08. The Morgan fingerprint density at radius 2 is 1.93 bits per heavy atom. The van der Waals surface area contributed by atoms with Crippen LogP contribution in [0.3, 0.4) is 0 Å². The van der Waals surface area contributed by atoms with E-state index in [9.17, 15) is 4.79 Å². The molecule has 28 heavy (non-hydrogen) atoms. The highest BCUT2D eigenvalue weighted by atomic mass is 16.5. The van der Waals surface area contributed by atoms with Crippen molar-refractivity contribution in [1.29, 1.82) is 0 Å². The molecule has 0 N–H and O–H groups in total. The van der Waals surface area contributed by atoms with Crippen LogP contribution in [0.15, 0.2) is 54.6 Å². The van der Waals surface area contributed by atoms with Crippen molar-refractivity contribution < 1.29 is 14.3 Å². The first-order valence-electron chi connectivity index (χ1n) is 9.46. The minimum atomic E-state index is -0.0770. The molecule has 0 radical (unpaired) electrons. The fourth-order valence-corrected chi connectivity index (χ4v) is 3.85. The molecule has 1 aromatic heterocycles. The highest BCUT2D eigenvalue weighted by Gasteiger charge is 2.34. The van der Waals surface area contributed by atoms with Gasteiger partial charge >= 0.3 is 0 Å². The second kappa shape index (κ2) is 7.60. The number of likely N-dealkylation sites (N-methyl/N-ethyl adjacent to an activating group) is 1. The van der Waals surface area contributed by atoms with Gasteiger partial charge in [-0.05, 0) is 26.1 Å². The smallest absolute Gasteiger partial charge is 0.147 e. The van der Waals surface area contributed by atoms with Crippen molar-refractivity contribution in [1.82, 2.24) is 9.88 Å². The maximum atomic E-state index is 11.9. The number of benzene rings is 2. The lowest BCUT2D eigenvalue weighted by Gasteiger charge is -2.17. The Bertz CT molecular complexity index is 1000. The van der Waals surface area contributed by atoms with Gasteiger partial charge in [0, 0.05) is 36.0 Å². The van der Waals surface area contributed by atoms with E-state index in [1.54, 1.807) is 14.0 Å². The summed E-state index contributed by atoms with van der Waals surface area (Å²) in [6.07, 6.45) is 0.669. The lowest BCUT2D eigenvalue weighted by molar-refractivity contribution is -0.120. The summed E-state index contributed by atoms with van der Waals surface area (Å²) in [5.41, 5.74) is 2.71. The topological polar surface area (TPSA) is 51.7 Å². The highest BCUT2D eigenvalue weighted by molar-refractivity contribution is 5.89. The van der Waals surface area contributed by atoms with Crippen LogP contribution in [0, 0.1) is 0 Å². The van der Waals surface area contributed by atoms with Crippen molar-refractivity contribution in [2.75, 3.05) is 20.7 Å². The number of nitrogens with zero attached hydrogens (tertiary/aromatic N) is 2. The molecule has 0 aliphatic carbocycles. The molecule has 144 valence electrons. The van der Waals surface area contributed by atoms with Gasteiger partial charge in [-0.2, -0.15) is 0 Å². The Balaban J connectivity index is 1.75. The van der Waals surface area contributed by atoms with E-state index in [0.29, 0.717) is 6.42 Å². The minimum Gasteiger partial charge on any atom is -0.497 e. The first kappa shape index (κ1) is 18.4. The average molecular weight is 376 g/mol. The molecule has 1 aliphatic rings. The molecule has 2 atom stereocenters. The number of ether oxygens (including phenoxy) is 2. The fraction of sp³-hybridized carbons (Fsp3) is 0.304. The van der Waals surface area contributed by atoms with Crippen LogP contribution in [0.4, 0.5) is 0 Å². The molecule has 1 unspecified atom stereocenters. The number of ketones is 1. The van der Waals surface area contributed by atoms with Crippen molar-refractivity contribution in [3.8, 4) is 22.8 Å². The number of carbonyl (C=O) groups is 1. The van der Waals surface area contributed by atoms with Crippen LogP contribution in [0.25, 0.3) is 22.2 Å². The number of likely N-dealkylation sites (tertiary alicyclic amines) is 1. The summed E-state index contributed by atoms with van der Waals surface area (Å²) in [6.45, 7) is 2.37. The summed E-state index contributed by atoms with van der Waals surface area (Å²) >= 11 is 0. The van der Waals surface area contributed by atoms with E-state index in [1.807, 2.05) is 61.6 Å². The van der Waals surface area contributed by atoms with E-state index in [4.69, 9.17) is 14.5 Å². The zero-order chi connectivity index (χ0) is 19.7. The third kappa shape index (κ3) is 3.58. The summed E-state index contributed by atoms with van der Waals surface area (Å²) < 4.78 is 11.8. The molecule has 5 nitrogen and oxygen atoms in total. The van der Waals surface area contributed by atoms with E-state index in [0.717, 1.165) is 40.2 Å². The minimum absolute atomic E-state index is 0.0322. The number of carbonyl (C=O) groups excluding carboxylic acids is 1. The van der Waals surface area contributed by atoms with E-state index >= 15 is 0 Å². The van der Waals surface area contributed by atoms with Crippen molar-refractivity contribution in [3.63, 3.8) is 0 Å². The third-order valence-corrected chi connectivity index (χ3v) is 5.32. The Kier molecular flexibility index (Phi) is 5.01. The number of fused-ring (bicyclic) bond motifs is 1. The molecule has 4 rings (SSSR count). The summed E-state index contributed by atoms with van der Waals surface area (Å²) in [6, 6.07) is 17.8. The number of hydrogen-bond acceptors (Lipinski definition) is 5. The van der Waals surface area contributed by atoms with Crippen LogP contribution in [0.1, 0.15) is 13.3 Å². The monoisotopic (exact) mass is 376 g/mol. The van der Waals surface area contributed by atoms with Gasteiger partial charge in [-0.3, -0.25) is 9.69 Å². The molecule has 5 heteroatoms. The van der Waals surface area contributed by atoms with Crippen LogP contribution < -0.4 is 9.47 Å². The lowest BCUT2D eigenvalue weighted by atomic mass is 10.1. The molecule has 2 heterocycles. The standard InChI is InChI=1S/C23H24N2O3/c1-15(26)22-12-18(14-25(22)2)28-23-13-20(16-7-5-4-6-8-16)24-21-11-17(27-3)9-10-19(21)23/h4-11,13,18,22H,12,14H2,1-3H3/t18?,22-/m0/s1. The number of Topliss-reactive ketones (excluding diaryl/α,β-unsaturated/α-hetero) is 1. The Morgan fingerprint density at radius 1 is 1.14 bits per heavy atom. The van der Waals surface area contributed by atoms with Crippen molar-refractivity contribution in [2.45, 2.75) is 25.5 Å². The fourth-order valence-electron chi connectivity index (χ4n) is 3.85. The van der Waals surface area contributed by atoms with E-state index < -0.39 is 0 Å². The molecule has 2 aromatic carbocycles. The molecule has 0 bridgehead atoms. The maximum absolute atomic E-state index is 11.9. The third-order valence-electron chi connectivity index (χ3n) is 5.32. The van der Waals surface area contributed by atoms with Gasteiger partial charge in [0.05, 0.1) is 24.4 Å². The van der Waals surface area contributed by atoms with Gasteiger partial charge in [0.1, 0.15) is 23.4 Å². The van der Waals surface area contributed by atoms with Crippen LogP contribution in [0.2, 0.25) is 0 Å². The predicted octanol–water partition coefficient (Wildman–Crippen LogP) is 3.95. The summed E-state index contributed by atoms with van der Waals surface area (Å²) in [4.78, 5) is 18.7. The Morgan fingerprint density at radius 3 is 2.61 bits per heavy atom. The van der Waals surface area contributed by atoms with Gasteiger partial charge in [-0.1, -0.05) is 30.3 Å². The molecular formula is C23H24N2O3. The molecule has 1 fully saturated rings. The van der Waals surface area contributed by atoms with Crippen LogP contribution in [-0.2, 0) is 4.79 Å². The van der Waals surface area contributed by atoms with Crippen molar-refractivity contribution in [3.05, 3.63) is 54.6 Å². The van der Waals surface area contributed by atoms with E-state index in [2.05, 4.69) is 4.90 Å². The van der Waals surface area contributed by atoms with Crippen LogP contribution >= 0.6 is 0 Å². The van der Waals surface area contributed by atoms with Crippen LogP contribution in [-0.4, -0.2) is 48.5 Å². The zero-order valence-electron chi connectivity index (χ0n) is 16.4. The SMILES string of the molecule is COc1ccc2c(OC3C[C@@H](C(C)=O)N(C)C3)cc(-c3ccccc3)nc2c1. The lowest BCUT2D eigenvalue weighted by Crippen LogP contribution is -2.31. The van der Waals surface area contributed by atoms with E-state index in [1.165, 1.54) is 0 Å². The Hall–Kier alpha value is -2.92. The predicted molar refractivity (Wildman–Crippen MR) is 110 cm³/mol. The number of methoxy groups -OCH3 is 1. The van der Waals surface area contributed by atoms with E-state index in [-0.39, 0.29) is 17.9 Å². The number of pyridine rings is 1. The second-order valence-corrected chi connectivity index (χ2v) is 7.30. The zero-order valence-corrected chi connectivity index (χ0v) is 16.4. The van der Waals surface area contributed by atoms with Gasteiger partial charge in [-0.15, -0.1) is 0 Å². The summed E-state index contributed by atoms with van der Waals surface area (Å²) in [5, 5.41) is 0.939. The van der Waals surface area contributed by atoms with Gasteiger partial charge in [0.2, 0.25) is 0 Å². The van der Waals surface area contributed by atoms with Crippen molar-refractivity contribution >= 4 is 16.7 Å². The second-order valence-electron chi connectivity index (χ2n) is 7.30. The number of rotatable bonds is 5. The Labute approximate surface area is 164 Å². The van der Waals surface area contributed by atoms with Crippen molar-refractivity contribution in [2.24, 2.45) is 0 Å². The number of hydrogen-bond donors (Lipinski definition) is 0. The molecule has 0 spiro atoms. The van der Waals surface area contributed by atoms with Gasteiger partial charge in [-0.25, -0.2) is 4.98 Å². The normalized spacial score (nSPS) is 19.7. The summed E-state index contributed by atoms with van der Waals surface area (Å²) in [7, 11) is 3.62. The van der Waals surface area contributed by atoms with Crippen LogP contribution in [0.5, 0.6) is 11.5 Å². The molecular weight excluding hydrogens is 352 g/mol. The first-order chi connectivity index (χ1) is 13.5. The largest absolute Gasteiger partial charge is 0.497 e. The van der Waals surface area contributed by atoms with Gasteiger partial charge in [0.15, 0.2) is 0 Å². The van der Waals surface area contributed by atoms with Gasteiger partial charge < -0.3 is 9.47 Å². The molecule has 0 saturated carbocycles. The molecule has 0 amide bonds. The highest BCUT2D eigenvalue weighted by Crippen LogP contribution is 2.34. The first-order valence-corrected chi connectivity index (χ1v) is 9.46. The summed E-state index contributed by atoms with van der Waals surface area (Å²) in [5.74, 6) is 1.73. The quantitative estimate of drug-likeness (QED) is 0.675. The number of aromatic nitrogens is 1.